The summed E-state index contributed by atoms with van der Waals surface area (Å²) >= 11 is 0. The number of carboxylic acid groups (broad SMARTS) is 1. The summed E-state index contributed by atoms with van der Waals surface area (Å²) in [7, 11) is -6.16. The van der Waals surface area contributed by atoms with Gasteiger partial charge in [-0.2, -0.15) is 10.5 Å². The van der Waals surface area contributed by atoms with E-state index in [-0.39, 0.29) is 120 Å². The van der Waals surface area contributed by atoms with E-state index in [1.165, 1.54) is 123 Å². The summed E-state index contributed by atoms with van der Waals surface area (Å²) in [6.07, 6.45) is 46.2. The van der Waals surface area contributed by atoms with Crippen LogP contribution in [0, 0.1) is 136 Å². The largest absolute Gasteiger partial charge is 1.00 e. The number of sulfone groups is 2. The fourth-order valence-electron chi connectivity index (χ4n) is 32.8. The summed E-state index contributed by atoms with van der Waals surface area (Å²) in [5.74, 6) is 4.88. The van der Waals surface area contributed by atoms with Crippen LogP contribution in [-0.4, -0.2) is 138 Å². The molecule has 10 saturated carbocycles. The van der Waals surface area contributed by atoms with Crippen molar-refractivity contribution in [2.24, 2.45) is 113 Å². The van der Waals surface area contributed by atoms with Gasteiger partial charge in [0.1, 0.15) is 67.0 Å². The van der Waals surface area contributed by atoms with Crippen molar-refractivity contribution < 1.29 is 80.3 Å². The number of nitrogens with one attached hydrogen (secondary N) is 2. The molecule has 0 saturated heterocycles. The SMILES string of the molecule is C=C(C)[C@@H]1CC[C@]2(NCCC3(O)CCC(S(C)(=O)=O)CC3)CC[C@]3(C)[C@H](CC[C@@H]4[C@@]5(C)CC=C(C6=CC[C@](COc7ncccc7C#N)(C(=O)O)CC6)C(C)(C)[C@@H]5CC[C@]43C)[C@@H]12.C=C(C)[C@@H]1CC[C@]2(NCCC3(O)CCC(S(C)(=O)=O)CC3)CC[C@]3(C)[C@H](CC[C@@H]4[C@@]5(C)CC=C(C6=CC[C@](COc7ncccc7C#N)(C(=O)OCC)CC6)C(C)(C)[C@@H]5CC[C@]43C)[C@@H]12.[Li+].[OH-]. The zero-order chi connectivity index (χ0) is 90.9. The van der Waals surface area contributed by atoms with Crippen LogP contribution in [0.3, 0.4) is 0 Å². The maximum Gasteiger partial charge on any atom is 1.00 e. The van der Waals surface area contributed by atoms with Gasteiger partial charge in [-0.05, 0) is 401 Å². The first-order valence-corrected chi connectivity index (χ1v) is 52.9. The Hall–Kier alpha value is -5.44. The quantitative estimate of drug-likeness (QED) is 0.0392. The average Bonchev–Trinajstić information content (AvgIpc) is 1.10. The fourth-order valence-corrected chi connectivity index (χ4v) is 35.0. The van der Waals surface area contributed by atoms with Gasteiger partial charge in [-0.15, -0.1) is 0 Å². The molecule has 2 heterocycles. The number of aromatic nitrogens is 2. The number of carboxylic acids is 1. The molecular weight excluding hydrogens is 1640 g/mol. The van der Waals surface area contributed by atoms with E-state index < -0.39 is 47.7 Å². The van der Waals surface area contributed by atoms with Gasteiger partial charge in [-0.25, -0.2) is 26.8 Å². The molecular formula is C106H155LiN6O13S2. The predicted molar refractivity (Wildman–Crippen MR) is 499 cm³/mol. The zero-order valence-corrected chi connectivity index (χ0v) is 82.4. The maximum absolute atomic E-state index is 13.6. The minimum atomic E-state index is -3.08. The summed E-state index contributed by atoms with van der Waals surface area (Å²) in [6.45, 7) is 43.5. The molecule has 2 aromatic heterocycles. The number of rotatable bonds is 23. The molecule has 0 aliphatic heterocycles. The number of carbonyl (C=O) groups is 2. The number of pyridine rings is 2. The Balaban J connectivity index is 0.000000215. The van der Waals surface area contributed by atoms with Crippen molar-refractivity contribution in [3.05, 3.63) is 119 Å². The van der Waals surface area contributed by atoms with E-state index in [0.29, 0.717) is 173 Å². The van der Waals surface area contributed by atoms with E-state index in [0.717, 1.165) is 58.0 Å². The molecule has 0 aromatic carbocycles. The van der Waals surface area contributed by atoms with E-state index in [1.54, 1.807) is 36.7 Å². The minimum Gasteiger partial charge on any atom is -0.870 e. The van der Waals surface area contributed by atoms with Gasteiger partial charge in [0.15, 0.2) is 0 Å². The van der Waals surface area contributed by atoms with Crippen molar-refractivity contribution in [2.45, 2.75) is 341 Å². The summed E-state index contributed by atoms with van der Waals surface area (Å²) in [5.41, 5.74) is 6.53. The van der Waals surface area contributed by atoms with Gasteiger partial charge in [-0.3, -0.25) is 9.59 Å². The molecule has 20 atom stereocenters. The second kappa shape index (κ2) is 36.3. The van der Waals surface area contributed by atoms with Crippen LogP contribution >= 0.6 is 0 Å². The van der Waals surface area contributed by atoms with Crippen molar-refractivity contribution >= 4 is 31.6 Å². The molecule has 0 unspecified atom stereocenters. The number of carbonyl (C=O) groups excluding carboxylic acids is 1. The van der Waals surface area contributed by atoms with Crippen molar-refractivity contribution in [1.29, 1.82) is 10.5 Å². The van der Waals surface area contributed by atoms with E-state index in [4.69, 9.17) is 14.2 Å². The van der Waals surface area contributed by atoms with Gasteiger partial charge < -0.3 is 45.6 Å². The van der Waals surface area contributed by atoms with Crippen molar-refractivity contribution in [3.8, 4) is 23.9 Å². The number of nitriles is 2. The number of esters is 1. The summed E-state index contributed by atoms with van der Waals surface area (Å²) in [5, 5.41) is 60.7. The van der Waals surface area contributed by atoms with Crippen LogP contribution in [0.15, 0.2) is 108 Å². The van der Waals surface area contributed by atoms with Crippen LogP contribution in [0.25, 0.3) is 0 Å². The van der Waals surface area contributed by atoms with Crippen molar-refractivity contribution in [2.75, 3.05) is 45.4 Å². The third-order valence-corrected chi connectivity index (χ3v) is 43.6. The Morgan fingerprint density at radius 2 is 0.898 bits per heavy atom. The summed E-state index contributed by atoms with van der Waals surface area (Å²) < 4.78 is 66.7. The molecule has 0 amide bonds. The Labute approximate surface area is 780 Å². The number of fused-ring (bicyclic) bond motifs is 14. The number of nitrogens with zero attached hydrogens (tertiary/aromatic N) is 4. The van der Waals surface area contributed by atoms with Gasteiger partial charge in [-0.1, -0.05) is 118 Å². The van der Waals surface area contributed by atoms with Crippen LogP contribution in [0.1, 0.15) is 319 Å². The zero-order valence-electron chi connectivity index (χ0n) is 80.8. The van der Waals surface area contributed by atoms with Crippen LogP contribution < -0.4 is 39.0 Å². The molecule has 128 heavy (non-hydrogen) atoms. The maximum atomic E-state index is 13.6. The van der Waals surface area contributed by atoms with E-state index in [9.17, 15) is 52.3 Å². The molecule has 6 N–H and O–H groups in total. The molecule has 2 aromatic rings. The molecule has 16 rings (SSSR count). The number of aliphatic hydroxyl groups is 2. The second-order valence-corrected chi connectivity index (χ2v) is 51.2. The van der Waals surface area contributed by atoms with Crippen LogP contribution in [-0.2, 0) is 34.0 Å². The summed E-state index contributed by atoms with van der Waals surface area (Å²) in [4.78, 5) is 35.0. The van der Waals surface area contributed by atoms with E-state index >= 15 is 0 Å². The molecule has 14 aliphatic carbocycles. The van der Waals surface area contributed by atoms with Gasteiger partial charge in [0.25, 0.3) is 0 Å². The molecule has 22 heteroatoms. The van der Waals surface area contributed by atoms with E-state index in [2.05, 4.69) is 153 Å². The third-order valence-electron chi connectivity index (χ3n) is 40.2. The molecule has 19 nitrogen and oxygen atoms in total. The molecule has 0 bridgehead atoms. The van der Waals surface area contributed by atoms with Crippen LogP contribution in [0.2, 0.25) is 0 Å². The number of hydrogen-bond donors (Lipinski definition) is 5. The third kappa shape index (κ3) is 17.1. The Kier molecular flexibility index (Phi) is 28.4. The number of allylic oxidation sites excluding steroid dienone is 10. The average molecular weight is 1790 g/mol. The molecule has 10 fully saturated rings. The smallest absolute Gasteiger partial charge is 0.870 e. The Morgan fingerprint density at radius 3 is 1.25 bits per heavy atom. The minimum absolute atomic E-state index is 0. The normalized spacial score (nSPS) is 41.3. The van der Waals surface area contributed by atoms with Crippen LogP contribution in [0.5, 0.6) is 11.8 Å². The first-order valence-electron chi connectivity index (χ1n) is 49.0. The molecule has 0 spiro atoms. The fraction of sp³-hybridized carbons (Fsp3) is 0.755. The Bertz CT molecular complexity index is 4990. The summed E-state index contributed by atoms with van der Waals surface area (Å²) in [6, 6.07) is 11.0. The number of aliphatic carboxylic acids is 1. The first-order chi connectivity index (χ1) is 59.2. The first kappa shape index (κ1) is 100. The van der Waals surface area contributed by atoms with Crippen molar-refractivity contribution in [1.82, 2.24) is 20.6 Å². The Morgan fingerprint density at radius 1 is 0.508 bits per heavy atom. The van der Waals surface area contributed by atoms with Gasteiger partial charge in [0.05, 0.1) is 28.3 Å². The molecule has 0 radical (unpaired) electrons. The number of ether oxygens (including phenoxy) is 3. The van der Waals surface area contributed by atoms with Crippen molar-refractivity contribution in [3.63, 3.8) is 0 Å². The van der Waals surface area contributed by atoms with E-state index in [1.807, 2.05) is 6.92 Å². The number of hydrogen-bond acceptors (Lipinski definition) is 18. The monoisotopic (exact) mass is 1790 g/mol. The van der Waals surface area contributed by atoms with Gasteiger partial charge in [0, 0.05) is 36.0 Å². The second-order valence-electron chi connectivity index (χ2n) is 46.6. The standard InChI is InChI=1S/C54H79N3O6S.C52H75N3O6S.Li.H2O/c1-10-62-47(58)52(35-63-46-38(34-55)12-11-32-56-46)24-15-37(16-25-52)41-20-22-49(6)43(48(41,4)5)21-23-51(8)44(49)14-13-42-45-40(36(2)3)19-28-54(45,30-29-50(42,51)7)57-33-31-53(59)26-17-39(18-27-53)64(9,60)61;1-34(2)38-17-26-52(55-31-29-51(58)24-15-37(16-25-51)62(8,59)60)28-27-48(6)40(43(38)52)11-12-42-47(5)20-18-39(46(3,4)41(47)19-21-49(42,48)7)35-13-22-50(23-14-35,45(56)57)33-61-44-36(32-53)10-9-30-54-44;;/h11-12,15,20,32,39-40,42-45,57,59H,2,10,13-14,16-19,21-31,33,35H2,1,3-9H3;9-10,13,18,30,37-38,40-43,55,58H,1,11-12,14-17,19-29,31,33H2,2-8H3,(H,56,57);;1H2/q;;+1;/p-1/t39?,40-,42+,43-,44+,45+,49-,50+,51+,52-,53?,54-;37?,38-,40+,41-,42+,43+,47-,48+,49+,50-,51?,52-;;/m00../s1. The van der Waals surface area contributed by atoms with Gasteiger partial charge >= 0.3 is 30.8 Å². The van der Waals surface area contributed by atoms with Gasteiger partial charge in [0.2, 0.25) is 11.8 Å². The predicted octanol–water partition coefficient (Wildman–Crippen LogP) is 17.6. The molecule has 14 aliphatic rings. The topological polar surface area (TPSA) is 318 Å². The van der Waals surface area contributed by atoms with Crippen LogP contribution in [0.4, 0.5) is 0 Å². The molecule has 700 valence electrons.